The number of nitrogens with zero attached hydrogens (tertiary/aromatic N) is 3. The Morgan fingerprint density at radius 2 is 1.73 bits per heavy atom. The number of carbonyl (C=O) groups excluding carboxylic acids is 2. The van der Waals surface area contributed by atoms with Gasteiger partial charge in [-0.15, -0.1) is 0 Å². The fraction of sp³-hybridized carbons (Fsp3) is 0.640. The van der Waals surface area contributed by atoms with E-state index in [1.165, 1.54) is 0 Å². The van der Waals surface area contributed by atoms with Gasteiger partial charge in [0.1, 0.15) is 23.6 Å². The molecule has 2 unspecified atom stereocenters. The molecule has 0 spiro atoms. The van der Waals surface area contributed by atoms with Crippen LogP contribution in [0.25, 0.3) is 11.0 Å². The summed E-state index contributed by atoms with van der Waals surface area (Å²) in [6.45, 7) is 15.7. The lowest BCUT2D eigenvalue weighted by atomic mass is 10.0. The first-order valence-corrected chi connectivity index (χ1v) is 11.5. The number of imidazole rings is 1. The van der Waals surface area contributed by atoms with Crippen LogP contribution in [0.15, 0.2) is 18.2 Å². The molecule has 1 fully saturated rings. The first-order chi connectivity index (χ1) is 15.2. The predicted molar refractivity (Wildman–Crippen MR) is 126 cm³/mol. The lowest BCUT2D eigenvalue weighted by molar-refractivity contribution is -0.164. The highest BCUT2D eigenvalue weighted by atomic mass is 16.6. The normalized spacial score (nSPS) is 19.6. The Bertz CT molecular complexity index is 1020. The summed E-state index contributed by atoms with van der Waals surface area (Å²) in [5.41, 5.74) is 1.90. The Balaban J connectivity index is 1.86. The second-order valence-electron chi connectivity index (χ2n) is 10.7. The summed E-state index contributed by atoms with van der Waals surface area (Å²) >= 11 is 0. The van der Waals surface area contributed by atoms with E-state index in [1.54, 1.807) is 4.90 Å². The number of aryl methyl sites for hydroxylation is 2. The molecule has 0 bridgehead atoms. The van der Waals surface area contributed by atoms with Gasteiger partial charge in [-0.3, -0.25) is 0 Å². The van der Waals surface area contributed by atoms with E-state index in [0.717, 1.165) is 22.4 Å². The van der Waals surface area contributed by atoms with Gasteiger partial charge in [-0.05, 0) is 79.5 Å². The number of benzene rings is 1. The Hall–Kier alpha value is -2.61. The van der Waals surface area contributed by atoms with Crippen LogP contribution >= 0.6 is 0 Å². The second kappa shape index (κ2) is 9.33. The van der Waals surface area contributed by atoms with Gasteiger partial charge < -0.3 is 23.7 Å². The van der Waals surface area contributed by atoms with Gasteiger partial charge in [-0.2, -0.15) is 0 Å². The first kappa shape index (κ1) is 25.0. The highest BCUT2D eigenvalue weighted by Gasteiger charge is 2.37. The second-order valence-corrected chi connectivity index (χ2v) is 10.7. The number of carbonyl (C=O) groups is 2. The van der Waals surface area contributed by atoms with E-state index < -0.39 is 23.3 Å². The fourth-order valence-electron chi connectivity index (χ4n) is 4.15. The molecule has 1 saturated heterocycles. The monoisotopic (exact) mass is 459 g/mol. The van der Waals surface area contributed by atoms with Crippen LogP contribution in [0.2, 0.25) is 0 Å². The number of aromatic nitrogens is 2. The van der Waals surface area contributed by atoms with Crippen molar-refractivity contribution in [2.24, 2.45) is 0 Å². The van der Waals surface area contributed by atoms with Crippen LogP contribution in [0, 0.1) is 13.8 Å². The largest absolute Gasteiger partial charge is 0.458 e. The Labute approximate surface area is 196 Å². The molecule has 1 aliphatic heterocycles. The number of likely N-dealkylation sites (tertiary alicyclic amines) is 1. The quantitative estimate of drug-likeness (QED) is 0.623. The van der Waals surface area contributed by atoms with Gasteiger partial charge in [0.2, 0.25) is 0 Å². The summed E-state index contributed by atoms with van der Waals surface area (Å²) in [6, 6.07) is 6.10. The zero-order valence-corrected chi connectivity index (χ0v) is 21.1. The van der Waals surface area contributed by atoms with Crippen LogP contribution in [-0.2, 0) is 19.0 Å². The number of fused-ring (bicyclic) bond motifs is 1. The van der Waals surface area contributed by atoms with E-state index in [0.29, 0.717) is 19.5 Å². The minimum absolute atomic E-state index is 0.0844. The molecule has 0 radical (unpaired) electrons. The summed E-state index contributed by atoms with van der Waals surface area (Å²) < 4.78 is 19.2. The number of esters is 1. The van der Waals surface area contributed by atoms with Crippen LogP contribution < -0.4 is 0 Å². The number of hydrogen-bond donors (Lipinski definition) is 0. The molecule has 1 aromatic carbocycles. The predicted octanol–water partition coefficient (Wildman–Crippen LogP) is 4.56. The Kier molecular flexibility index (Phi) is 7.07. The van der Waals surface area contributed by atoms with Crippen molar-refractivity contribution in [2.75, 3.05) is 19.7 Å². The zero-order chi connectivity index (χ0) is 24.6. The molecule has 8 nitrogen and oxygen atoms in total. The maximum atomic E-state index is 12.7. The highest BCUT2D eigenvalue weighted by molar-refractivity contribution is 5.77. The fourth-order valence-corrected chi connectivity index (χ4v) is 4.15. The minimum atomic E-state index is -0.593. The lowest BCUT2D eigenvalue weighted by Crippen LogP contribution is -2.50. The van der Waals surface area contributed by atoms with Crippen molar-refractivity contribution < 1.29 is 23.8 Å². The van der Waals surface area contributed by atoms with Crippen LogP contribution in [0.3, 0.4) is 0 Å². The third-order valence-electron chi connectivity index (χ3n) is 5.36. The average molecular weight is 460 g/mol. The van der Waals surface area contributed by atoms with E-state index in [1.807, 2.05) is 55.4 Å². The summed E-state index contributed by atoms with van der Waals surface area (Å²) in [7, 11) is 0. The molecular weight excluding hydrogens is 422 g/mol. The molecule has 3 rings (SSSR count). The first-order valence-electron chi connectivity index (χ1n) is 11.5. The lowest BCUT2D eigenvalue weighted by Gasteiger charge is -2.39. The topological polar surface area (TPSA) is 82.9 Å². The molecule has 33 heavy (non-hydrogen) atoms. The van der Waals surface area contributed by atoms with E-state index in [9.17, 15) is 9.59 Å². The number of amides is 1. The summed E-state index contributed by atoms with van der Waals surface area (Å²) in [5, 5.41) is 0. The smallest absolute Gasteiger partial charge is 0.410 e. The van der Waals surface area contributed by atoms with Crippen LogP contribution in [0.4, 0.5) is 4.79 Å². The molecule has 8 heteroatoms. The van der Waals surface area contributed by atoms with Crippen LogP contribution in [-0.4, -0.2) is 63.5 Å². The average Bonchev–Trinajstić information content (AvgIpc) is 2.98. The molecule has 2 atom stereocenters. The highest BCUT2D eigenvalue weighted by Crippen LogP contribution is 2.32. The maximum Gasteiger partial charge on any atom is 0.410 e. The molecule has 0 aliphatic carbocycles. The van der Waals surface area contributed by atoms with Crippen molar-refractivity contribution >= 4 is 23.1 Å². The third-order valence-corrected chi connectivity index (χ3v) is 5.36. The molecule has 0 saturated carbocycles. The molecule has 182 valence electrons. The molecule has 2 heterocycles. The van der Waals surface area contributed by atoms with Gasteiger partial charge in [-0.1, -0.05) is 6.07 Å². The molecule has 2 aromatic rings. The molecule has 0 N–H and O–H groups in total. The molecule has 1 aliphatic rings. The zero-order valence-electron chi connectivity index (χ0n) is 21.1. The van der Waals surface area contributed by atoms with E-state index in [-0.39, 0.29) is 18.7 Å². The van der Waals surface area contributed by atoms with Gasteiger partial charge in [0.05, 0.1) is 29.7 Å². The Morgan fingerprint density at radius 1 is 1.06 bits per heavy atom. The van der Waals surface area contributed by atoms with E-state index in [4.69, 9.17) is 19.2 Å². The van der Waals surface area contributed by atoms with E-state index >= 15 is 0 Å². The van der Waals surface area contributed by atoms with Gasteiger partial charge in [0.15, 0.2) is 0 Å². The van der Waals surface area contributed by atoms with Crippen molar-refractivity contribution in [3.8, 4) is 0 Å². The van der Waals surface area contributed by atoms with Gasteiger partial charge in [-0.25, -0.2) is 14.6 Å². The van der Waals surface area contributed by atoms with Gasteiger partial charge in [0.25, 0.3) is 0 Å². The number of ether oxygens (including phenoxy) is 3. The van der Waals surface area contributed by atoms with Gasteiger partial charge >= 0.3 is 12.1 Å². The molecule has 1 amide bonds. The van der Waals surface area contributed by atoms with Crippen molar-refractivity contribution in [3.05, 3.63) is 29.6 Å². The van der Waals surface area contributed by atoms with Crippen LogP contribution in [0.5, 0.6) is 0 Å². The number of piperidine rings is 1. The minimum Gasteiger partial charge on any atom is -0.458 e. The third kappa shape index (κ3) is 6.47. The summed E-state index contributed by atoms with van der Waals surface area (Å²) in [6.07, 6.45) is -0.149. The van der Waals surface area contributed by atoms with Crippen molar-refractivity contribution in [1.29, 1.82) is 0 Å². The molecular formula is C25H37N3O5. The van der Waals surface area contributed by atoms with Crippen molar-refractivity contribution in [2.45, 2.75) is 85.2 Å². The summed E-state index contributed by atoms with van der Waals surface area (Å²) in [4.78, 5) is 31.5. The molecule has 1 aromatic heterocycles. The standard InChI is InChI=1S/C25H37N3O5/c1-16-9-10-19-18(13-16)26-17(2)28(19)20-11-12-27(23(30)33-25(6,7)8)14-21(20)31-15-22(29)32-24(3,4)5/h9-10,13,20-21H,11-12,14-15H2,1-8H3. The number of rotatable bonds is 4. The van der Waals surface area contributed by atoms with Crippen molar-refractivity contribution in [1.82, 2.24) is 14.5 Å². The maximum absolute atomic E-state index is 12.7. The van der Waals surface area contributed by atoms with Gasteiger partial charge in [0, 0.05) is 6.54 Å². The summed E-state index contributed by atoms with van der Waals surface area (Å²) in [5.74, 6) is 0.440. The van der Waals surface area contributed by atoms with Crippen LogP contribution in [0.1, 0.15) is 65.4 Å². The number of hydrogen-bond acceptors (Lipinski definition) is 6. The van der Waals surface area contributed by atoms with E-state index in [2.05, 4.69) is 22.8 Å². The SMILES string of the molecule is Cc1ccc2c(c1)nc(C)n2C1CCN(C(=O)OC(C)(C)C)CC1OCC(=O)OC(C)(C)C. The van der Waals surface area contributed by atoms with Crippen molar-refractivity contribution in [3.63, 3.8) is 0 Å². The Morgan fingerprint density at radius 3 is 2.36 bits per heavy atom.